The second-order valence-corrected chi connectivity index (χ2v) is 1.66. The molecule has 0 N–H and O–H groups in total. The molecule has 0 unspecified atom stereocenters. The fourth-order valence-electron chi connectivity index (χ4n) is 0.344. The molecule has 0 aliphatic carbocycles. The number of rotatable bonds is 0. The molecular formula is C6H4SU2-2. The van der Waals surface area contributed by atoms with Crippen molar-refractivity contribution < 1.29 is 62.2 Å². The van der Waals surface area contributed by atoms with Crippen molar-refractivity contribution in [2.45, 2.75) is 4.90 Å². The molecule has 3 heteroatoms. The Kier molecular flexibility index (Phi) is 11.5. The third-order valence-corrected chi connectivity index (χ3v) is 0.889. The standard InChI is InChI=1S/C6H4S.2U/c7-6-4-2-1-3-5-6;;/h1-2,5,7H;;/q-2;;. The minimum absolute atomic E-state index is 0. The van der Waals surface area contributed by atoms with Gasteiger partial charge in [0.1, 0.15) is 0 Å². The molecular weight excluding hydrogens is 580 g/mol. The van der Waals surface area contributed by atoms with E-state index in [1.54, 1.807) is 18.2 Å². The Bertz CT molecular complexity index is 141. The molecule has 0 heterocycles. The molecule has 0 saturated carbocycles. The Morgan fingerprint density at radius 2 is 1.89 bits per heavy atom. The third-order valence-electron chi connectivity index (χ3n) is 0.631. The molecule has 0 amide bonds. The number of hydrogen-bond donors (Lipinski definition) is 1. The molecule has 0 saturated heterocycles. The maximum absolute atomic E-state index is 4.00. The second-order valence-electron chi connectivity index (χ2n) is 1.17. The molecule has 0 atom stereocenters. The van der Waals surface area contributed by atoms with Crippen LogP contribution in [0.1, 0.15) is 0 Å². The first-order chi connectivity index (χ1) is 3.39. The number of hydrogen-bond acceptors (Lipinski definition) is 1. The molecule has 9 heavy (non-hydrogen) atoms. The largest absolute Gasteiger partial charge is 0.318 e. The van der Waals surface area contributed by atoms with E-state index in [4.69, 9.17) is 0 Å². The molecule has 44 valence electrons. The monoisotopic (exact) mass is 584 g/mol. The summed E-state index contributed by atoms with van der Waals surface area (Å²) in [5.74, 6) is 0. The first-order valence-electron chi connectivity index (χ1n) is 1.96. The molecule has 0 radical (unpaired) electrons. The topological polar surface area (TPSA) is 0 Å². The molecule has 0 spiro atoms. The predicted octanol–water partition coefficient (Wildman–Crippen LogP) is 1.58. The van der Waals surface area contributed by atoms with Crippen LogP contribution in [0.5, 0.6) is 0 Å². The van der Waals surface area contributed by atoms with Gasteiger partial charge in [-0.2, -0.15) is 0 Å². The number of thiol groups is 1. The van der Waals surface area contributed by atoms with E-state index in [2.05, 4.69) is 24.8 Å². The Morgan fingerprint density at radius 1 is 1.22 bits per heavy atom. The SMILES string of the molecule is Sc1[c-]cc[c-]c1.[U].[U]. The van der Waals surface area contributed by atoms with Gasteiger partial charge in [0.2, 0.25) is 0 Å². The molecule has 0 aliphatic rings. The fraction of sp³-hybridized carbons (Fsp3) is 0. The molecule has 1 aromatic rings. The fourth-order valence-corrected chi connectivity index (χ4v) is 0.493. The van der Waals surface area contributed by atoms with Crippen LogP contribution in [0.25, 0.3) is 0 Å². The van der Waals surface area contributed by atoms with Crippen LogP contribution in [0.15, 0.2) is 23.1 Å². The normalized spacial score (nSPS) is 6.78. The van der Waals surface area contributed by atoms with Crippen LogP contribution in [0.4, 0.5) is 0 Å². The van der Waals surface area contributed by atoms with Gasteiger partial charge < -0.3 is 12.1 Å². The Labute approximate surface area is 108 Å². The van der Waals surface area contributed by atoms with E-state index in [1.807, 2.05) is 0 Å². The van der Waals surface area contributed by atoms with Gasteiger partial charge in [-0.15, -0.1) is 0 Å². The summed E-state index contributed by atoms with van der Waals surface area (Å²) < 4.78 is 0. The molecule has 0 bridgehead atoms. The summed E-state index contributed by atoms with van der Waals surface area (Å²) in [6.45, 7) is 0. The average molecular weight is 584 g/mol. The van der Waals surface area contributed by atoms with Gasteiger partial charge in [-0.3, -0.25) is 18.2 Å². The zero-order valence-corrected chi connectivity index (χ0v) is 13.9. The van der Waals surface area contributed by atoms with Crippen molar-refractivity contribution in [2.24, 2.45) is 0 Å². The van der Waals surface area contributed by atoms with Gasteiger partial charge in [-0.25, -0.2) is 17.5 Å². The average Bonchev–Trinajstić information content (AvgIpc) is 1.69. The van der Waals surface area contributed by atoms with E-state index in [9.17, 15) is 0 Å². The quantitative estimate of drug-likeness (QED) is 0.348. The number of benzene rings is 1. The van der Waals surface area contributed by atoms with E-state index < -0.39 is 0 Å². The van der Waals surface area contributed by atoms with Gasteiger partial charge in [0, 0.05) is 62.2 Å². The summed E-state index contributed by atoms with van der Waals surface area (Å²) >= 11 is 4.00. The van der Waals surface area contributed by atoms with Crippen LogP contribution in [0, 0.1) is 74.4 Å². The van der Waals surface area contributed by atoms with Crippen LogP contribution in [-0.4, -0.2) is 0 Å². The van der Waals surface area contributed by atoms with Gasteiger partial charge in [-0.05, 0) is 0 Å². The first kappa shape index (κ1) is 13.3. The molecule has 1 aromatic carbocycles. The summed E-state index contributed by atoms with van der Waals surface area (Å²) in [6.07, 6.45) is 0. The minimum Gasteiger partial charge on any atom is -0.318 e. The Morgan fingerprint density at radius 3 is 2.11 bits per heavy atom. The summed E-state index contributed by atoms with van der Waals surface area (Å²) in [7, 11) is 0. The zero-order chi connectivity index (χ0) is 5.11. The van der Waals surface area contributed by atoms with Gasteiger partial charge in [0.05, 0.1) is 0 Å². The van der Waals surface area contributed by atoms with Crippen LogP contribution in [0.3, 0.4) is 0 Å². The molecule has 1 rings (SSSR count). The first-order valence-corrected chi connectivity index (χ1v) is 2.41. The van der Waals surface area contributed by atoms with Crippen LogP contribution in [-0.2, 0) is 0 Å². The predicted molar refractivity (Wildman–Crippen MR) is 31.4 cm³/mol. The van der Waals surface area contributed by atoms with Crippen molar-refractivity contribution in [3.63, 3.8) is 0 Å². The van der Waals surface area contributed by atoms with Gasteiger partial charge in [-0.1, -0.05) is 0 Å². The minimum atomic E-state index is 0. The maximum atomic E-state index is 4.00. The summed E-state index contributed by atoms with van der Waals surface area (Å²) in [6, 6.07) is 11.1. The zero-order valence-electron chi connectivity index (χ0n) is 4.68. The van der Waals surface area contributed by atoms with Crippen molar-refractivity contribution in [3.8, 4) is 0 Å². The third kappa shape index (κ3) is 6.09. The maximum Gasteiger partial charge on any atom is 0 e. The van der Waals surface area contributed by atoms with Crippen molar-refractivity contribution >= 4 is 12.6 Å². The van der Waals surface area contributed by atoms with Gasteiger partial charge in [0.25, 0.3) is 0 Å². The van der Waals surface area contributed by atoms with Gasteiger partial charge in [0.15, 0.2) is 0 Å². The molecule has 0 aromatic heterocycles. The van der Waals surface area contributed by atoms with Crippen molar-refractivity contribution in [3.05, 3.63) is 30.3 Å². The summed E-state index contributed by atoms with van der Waals surface area (Å²) in [4.78, 5) is 0.836. The Hall–Kier alpha value is 1.67. The van der Waals surface area contributed by atoms with Crippen LogP contribution in [0.2, 0.25) is 0 Å². The van der Waals surface area contributed by atoms with Crippen molar-refractivity contribution in [2.75, 3.05) is 0 Å². The van der Waals surface area contributed by atoms with Crippen LogP contribution >= 0.6 is 12.6 Å². The second kappa shape index (κ2) is 7.78. The molecule has 0 nitrogen and oxygen atoms in total. The van der Waals surface area contributed by atoms with E-state index >= 15 is 0 Å². The molecule has 0 fully saturated rings. The van der Waals surface area contributed by atoms with E-state index in [0.29, 0.717) is 0 Å². The Balaban J connectivity index is 0. The van der Waals surface area contributed by atoms with Crippen molar-refractivity contribution in [1.82, 2.24) is 0 Å². The van der Waals surface area contributed by atoms with E-state index in [1.165, 1.54) is 0 Å². The summed E-state index contributed by atoms with van der Waals surface area (Å²) in [5, 5.41) is 0. The van der Waals surface area contributed by atoms with Crippen molar-refractivity contribution in [1.29, 1.82) is 0 Å². The van der Waals surface area contributed by atoms with Crippen LogP contribution < -0.4 is 0 Å². The van der Waals surface area contributed by atoms with Gasteiger partial charge >= 0.3 is 0 Å². The van der Waals surface area contributed by atoms with E-state index in [-0.39, 0.29) is 62.2 Å². The van der Waals surface area contributed by atoms with E-state index in [0.717, 1.165) is 4.90 Å². The summed E-state index contributed by atoms with van der Waals surface area (Å²) in [5.41, 5.74) is 0. The molecule has 0 aliphatic heterocycles. The smallest absolute Gasteiger partial charge is 0 e.